The van der Waals surface area contributed by atoms with Crippen LogP contribution in [0.4, 0.5) is 23.0 Å². The molecule has 7 heteroatoms. The standard InChI is InChI=1S/C22H25N5O2/c1-28-18-8-7-15(13-19(18)29-2)9-11-24-21-20(23)22(26-14-25-21)27-12-10-16-5-3-4-6-17(16)27/h3-8,13-14H,9-12,23H2,1-2H3,(H,24,25,26). The lowest BCUT2D eigenvalue weighted by atomic mass is 10.1. The Kier molecular flexibility index (Phi) is 5.37. The summed E-state index contributed by atoms with van der Waals surface area (Å²) >= 11 is 0. The largest absolute Gasteiger partial charge is 0.493 e. The number of rotatable bonds is 7. The molecule has 29 heavy (non-hydrogen) atoms. The van der Waals surface area contributed by atoms with Crippen LogP contribution in [0.3, 0.4) is 0 Å². The van der Waals surface area contributed by atoms with Crippen LogP contribution >= 0.6 is 0 Å². The average molecular weight is 391 g/mol. The number of nitrogen functional groups attached to an aromatic ring is 1. The average Bonchev–Trinajstić information content (AvgIpc) is 3.19. The first-order valence-corrected chi connectivity index (χ1v) is 9.62. The summed E-state index contributed by atoms with van der Waals surface area (Å²) in [6, 6.07) is 14.3. The normalized spacial score (nSPS) is 12.6. The van der Waals surface area contributed by atoms with E-state index in [0.717, 1.165) is 48.0 Å². The van der Waals surface area contributed by atoms with E-state index in [1.807, 2.05) is 24.3 Å². The van der Waals surface area contributed by atoms with Gasteiger partial charge in [-0.1, -0.05) is 24.3 Å². The zero-order valence-electron chi connectivity index (χ0n) is 16.7. The lowest BCUT2D eigenvalue weighted by Gasteiger charge is -2.21. The van der Waals surface area contributed by atoms with Gasteiger partial charge in [0.05, 0.1) is 14.2 Å². The summed E-state index contributed by atoms with van der Waals surface area (Å²) in [5, 5.41) is 3.34. The molecular formula is C22H25N5O2. The van der Waals surface area contributed by atoms with E-state index < -0.39 is 0 Å². The van der Waals surface area contributed by atoms with Gasteiger partial charge in [-0.3, -0.25) is 0 Å². The number of nitrogens with one attached hydrogen (secondary N) is 1. The maximum Gasteiger partial charge on any atom is 0.161 e. The number of benzene rings is 2. The summed E-state index contributed by atoms with van der Waals surface area (Å²) in [7, 11) is 3.27. The fraction of sp³-hybridized carbons (Fsp3) is 0.273. The van der Waals surface area contributed by atoms with Crippen LogP contribution in [-0.2, 0) is 12.8 Å². The first-order valence-electron chi connectivity index (χ1n) is 9.62. The Bertz CT molecular complexity index is 1010. The molecule has 0 fully saturated rings. The number of nitrogens with zero attached hydrogens (tertiary/aromatic N) is 3. The molecule has 0 bridgehead atoms. The van der Waals surface area contributed by atoms with Crippen LogP contribution in [0.1, 0.15) is 11.1 Å². The third-order valence-electron chi connectivity index (χ3n) is 5.16. The fourth-order valence-corrected chi connectivity index (χ4v) is 3.66. The van der Waals surface area contributed by atoms with Gasteiger partial charge in [0, 0.05) is 18.8 Å². The van der Waals surface area contributed by atoms with Crippen molar-refractivity contribution in [1.29, 1.82) is 0 Å². The van der Waals surface area contributed by atoms with Crippen molar-refractivity contribution in [3.05, 3.63) is 59.9 Å². The Morgan fingerprint density at radius 3 is 2.72 bits per heavy atom. The summed E-state index contributed by atoms with van der Waals surface area (Å²) in [4.78, 5) is 10.9. The highest BCUT2D eigenvalue weighted by Crippen LogP contribution is 2.37. The van der Waals surface area contributed by atoms with E-state index in [0.29, 0.717) is 18.1 Å². The molecule has 150 valence electrons. The minimum atomic E-state index is 0.566. The molecule has 2 heterocycles. The summed E-state index contributed by atoms with van der Waals surface area (Å²) in [5.41, 5.74) is 10.6. The smallest absolute Gasteiger partial charge is 0.161 e. The maximum absolute atomic E-state index is 6.42. The van der Waals surface area contributed by atoms with Crippen LogP contribution in [-0.4, -0.2) is 37.3 Å². The number of para-hydroxylation sites is 1. The minimum absolute atomic E-state index is 0.566. The number of hydrogen-bond donors (Lipinski definition) is 2. The van der Waals surface area contributed by atoms with Crippen molar-refractivity contribution in [2.75, 3.05) is 43.3 Å². The van der Waals surface area contributed by atoms with Gasteiger partial charge in [0.25, 0.3) is 0 Å². The zero-order chi connectivity index (χ0) is 20.2. The van der Waals surface area contributed by atoms with E-state index in [2.05, 4.69) is 38.4 Å². The van der Waals surface area contributed by atoms with Gasteiger partial charge >= 0.3 is 0 Å². The van der Waals surface area contributed by atoms with Crippen LogP contribution in [0.5, 0.6) is 11.5 Å². The van der Waals surface area contributed by atoms with E-state index in [1.54, 1.807) is 20.5 Å². The number of fused-ring (bicyclic) bond motifs is 1. The summed E-state index contributed by atoms with van der Waals surface area (Å²) < 4.78 is 10.7. The van der Waals surface area contributed by atoms with Crippen molar-refractivity contribution in [2.24, 2.45) is 0 Å². The van der Waals surface area contributed by atoms with Crippen molar-refractivity contribution in [1.82, 2.24) is 9.97 Å². The molecule has 0 aliphatic carbocycles. The third-order valence-corrected chi connectivity index (χ3v) is 5.16. The van der Waals surface area contributed by atoms with Gasteiger partial charge in [0.1, 0.15) is 12.0 Å². The molecule has 2 aromatic carbocycles. The highest BCUT2D eigenvalue weighted by molar-refractivity contribution is 5.81. The van der Waals surface area contributed by atoms with Crippen molar-refractivity contribution in [3.63, 3.8) is 0 Å². The molecule has 7 nitrogen and oxygen atoms in total. The highest BCUT2D eigenvalue weighted by Gasteiger charge is 2.23. The van der Waals surface area contributed by atoms with Crippen LogP contribution in [0.25, 0.3) is 0 Å². The first-order chi connectivity index (χ1) is 14.2. The number of methoxy groups -OCH3 is 2. The fourth-order valence-electron chi connectivity index (χ4n) is 3.66. The molecule has 0 spiro atoms. The van der Waals surface area contributed by atoms with Gasteiger partial charge in [-0.25, -0.2) is 9.97 Å². The molecule has 1 aliphatic rings. The quantitative estimate of drug-likeness (QED) is 0.638. The Hall–Kier alpha value is -3.48. The van der Waals surface area contributed by atoms with Gasteiger partial charge in [0.2, 0.25) is 0 Å². The number of aromatic nitrogens is 2. The molecule has 0 saturated carbocycles. The zero-order valence-corrected chi connectivity index (χ0v) is 16.7. The van der Waals surface area contributed by atoms with Crippen molar-refractivity contribution >= 4 is 23.0 Å². The van der Waals surface area contributed by atoms with Crippen molar-refractivity contribution < 1.29 is 9.47 Å². The first kappa shape index (κ1) is 18.9. The second-order valence-electron chi connectivity index (χ2n) is 6.86. The van der Waals surface area contributed by atoms with Crippen LogP contribution in [0, 0.1) is 0 Å². The molecule has 0 radical (unpaired) electrons. The van der Waals surface area contributed by atoms with Crippen molar-refractivity contribution in [2.45, 2.75) is 12.8 Å². The number of ether oxygens (including phenoxy) is 2. The van der Waals surface area contributed by atoms with E-state index in [-0.39, 0.29) is 0 Å². The van der Waals surface area contributed by atoms with Crippen LogP contribution < -0.4 is 25.4 Å². The lowest BCUT2D eigenvalue weighted by molar-refractivity contribution is 0.354. The molecule has 1 aliphatic heterocycles. The molecule has 3 N–H and O–H groups in total. The van der Waals surface area contributed by atoms with Gasteiger partial charge in [-0.05, 0) is 42.2 Å². The molecule has 0 unspecified atom stereocenters. The lowest BCUT2D eigenvalue weighted by Crippen LogP contribution is -2.18. The topological polar surface area (TPSA) is 85.5 Å². The Labute approximate surface area is 170 Å². The third kappa shape index (κ3) is 3.76. The predicted molar refractivity (Wildman–Crippen MR) is 115 cm³/mol. The Balaban J connectivity index is 1.46. The molecule has 0 atom stereocenters. The van der Waals surface area contributed by atoms with Gasteiger partial charge in [-0.15, -0.1) is 0 Å². The van der Waals surface area contributed by atoms with E-state index in [9.17, 15) is 0 Å². The van der Waals surface area contributed by atoms with E-state index >= 15 is 0 Å². The van der Waals surface area contributed by atoms with E-state index in [1.165, 1.54) is 5.56 Å². The Morgan fingerprint density at radius 1 is 1.07 bits per heavy atom. The second kappa shape index (κ2) is 8.26. The monoisotopic (exact) mass is 391 g/mol. The molecule has 0 amide bonds. The highest BCUT2D eigenvalue weighted by atomic mass is 16.5. The molecule has 4 rings (SSSR count). The van der Waals surface area contributed by atoms with Gasteiger partial charge in [-0.2, -0.15) is 0 Å². The number of nitrogens with two attached hydrogens (primary N) is 1. The van der Waals surface area contributed by atoms with Crippen LogP contribution in [0.2, 0.25) is 0 Å². The summed E-state index contributed by atoms with van der Waals surface area (Å²) in [6.45, 7) is 1.55. The van der Waals surface area contributed by atoms with E-state index in [4.69, 9.17) is 15.2 Å². The molecule has 0 saturated heterocycles. The SMILES string of the molecule is COc1ccc(CCNc2ncnc(N3CCc4ccccc43)c2N)cc1OC. The Morgan fingerprint density at radius 2 is 1.90 bits per heavy atom. The summed E-state index contributed by atoms with van der Waals surface area (Å²) in [5.74, 6) is 2.85. The molecule has 3 aromatic rings. The maximum atomic E-state index is 6.42. The van der Waals surface area contributed by atoms with Gasteiger partial charge < -0.3 is 25.4 Å². The number of hydrogen-bond acceptors (Lipinski definition) is 7. The molecule has 1 aromatic heterocycles. The van der Waals surface area contributed by atoms with Crippen molar-refractivity contribution in [3.8, 4) is 11.5 Å². The predicted octanol–water partition coefficient (Wildman–Crippen LogP) is 3.42. The summed E-state index contributed by atoms with van der Waals surface area (Å²) in [6.07, 6.45) is 3.35. The van der Waals surface area contributed by atoms with Gasteiger partial charge in [0.15, 0.2) is 23.1 Å². The number of anilines is 4. The second-order valence-corrected chi connectivity index (χ2v) is 6.86. The minimum Gasteiger partial charge on any atom is -0.493 e. The molecular weight excluding hydrogens is 366 g/mol. The van der Waals surface area contributed by atoms with Crippen LogP contribution in [0.15, 0.2) is 48.8 Å².